The van der Waals surface area contributed by atoms with E-state index in [0.717, 1.165) is 0 Å². The SMILES string of the molecule is [B].[Co].[Cr].[Hf].[Pt].[Re].[Y]. The monoisotopic (exact) mass is 773 g/mol. The van der Waals surface area contributed by atoms with E-state index in [1.54, 1.807) is 0 Å². The van der Waals surface area contributed by atoms with Crippen LogP contribution in [0.15, 0.2) is 0 Å². The van der Waals surface area contributed by atoms with Crippen LogP contribution in [0.3, 0.4) is 0 Å². The van der Waals surface area contributed by atoms with E-state index in [1.165, 1.54) is 0 Å². The predicted octanol–water partition coefficient (Wildman–Crippen LogP) is -0.396. The summed E-state index contributed by atoms with van der Waals surface area (Å²) in [6, 6.07) is 0. The summed E-state index contributed by atoms with van der Waals surface area (Å²) in [4.78, 5) is 0. The van der Waals surface area contributed by atoms with Gasteiger partial charge in [-0.2, -0.15) is 0 Å². The first-order valence-corrected chi connectivity index (χ1v) is 0. The Labute approximate surface area is 139 Å². The molecular formula is BCoCrHfPtReY. The molecule has 7 heavy (non-hydrogen) atoms. The standard InChI is InChI=1S/B.Co.Cr.Hf.Pt.Re.Y. The second-order valence-electron chi connectivity index (χ2n) is 0. The fraction of sp³-hybridized carbons (Fsp3) is 0. The zero-order chi connectivity index (χ0) is 0. The molecule has 0 atom stereocenters. The van der Waals surface area contributed by atoms with Crippen molar-refractivity contribution >= 4 is 8.41 Å². The van der Waals surface area contributed by atoms with Crippen LogP contribution in [0.4, 0.5) is 0 Å². The second-order valence-corrected chi connectivity index (χ2v) is 0. The molecule has 0 aromatic rings. The van der Waals surface area contributed by atoms with E-state index in [2.05, 4.69) is 0 Å². The van der Waals surface area contributed by atoms with Crippen molar-refractivity contribution in [2.24, 2.45) is 0 Å². The molecule has 0 spiro atoms. The van der Waals surface area contributed by atoms with Gasteiger partial charge in [0.05, 0.1) is 0 Å². The third kappa shape index (κ3) is 37.8. The predicted molar refractivity (Wildman–Crippen MR) is 5.75 cm³/mol. The minimum atomic E-state index is 0. The van der Waals surface area contributed by atoms with Gasteiger partial charge in [0, 0.05) is 143 Å². The van der Waals surface area contributed by atoms with E-state index >= 15 is 0 Å². The van der Waals surface area contributed by atoms with Gasteiger partial charge < -0.3 is 0 Å². The first kappa shape index (κ1) is 63.4. The van der Waals surface area contributed by atoms with Crippen LogP contribution in [0.25, 0.3) is 0 Å². The van der Waals surface area contributed by atoms with Gasteiger partial charge in [-0.05, 0) is 0 Å². The Bertz CT molecular complexity index is 19.7. The molecular weight excluding hydrogens is 770 g/mol. The van der Waals surface area contributed by atoms with E-state index in [0.29, 0.717) is 0 Å². The van der Waals surface area contributed by atoms with Gasteiger partial charge in [0.1, 0.15) is 0 Å². The average Bonchev–Trinajstić information content (AvgIpc) is 0. The Kier molecular flexibility index (Phi) is 428. The molecule has 0 aliphatic heterocycles. The first-order chi connectivity index (χ1) is 0. The number of hydrogen-bond donors (Lipinski definition) is 0. The smallest absolute Gasteiger partial charge is 0 e. The molecule has 0 aromatic heterocycles. The molecule has 0 aliphatic rings. The fourth-order valence-electron chi connectivity index (χ4n) is 0. The van der Waals surface area contributed by atoms with Gasteiger partial charge >= 0.3 is 0 Å². The Morgan fingerprint density at radius 1 is 1.00 bits per heavy atom. The molecule has 0 nitrogen and oxygen atoms in total. The Balaban J connectivity index is 0. The van der Waals surface area contributed by atoms with Gasteiger partial charge in [0.15, 0.2) is 0 Å². The van der Waals surface area contributed by atoms with Crippen LogP contribution in [0, 0.1) is 0 Å². The van der Waals surface area contributed by atoms with Crippen molar-refractivity contribution in [3.8, 4) is 0 Å². The third-order valence-corrected chi connectivity index (χ3v) is 0. The Morgan fingerprint density at radius 3 is 1.00 bits per heavy atom. The number of rotatable bonds is 0. The molecule has 0 saturated heterocycles. The van der Waals surface area contributed by atoms with Crippen molar-refractivity contribution in [3.05, 3.63) is 0 Å². The van der Waals surface area contributed by atoms with Crippen LogP contribution in [-0.2, 0) is 134 Å². The van der Waals surface area contributed by atoms with E-state index in [-0.39, 0.29) is 143 Å². The van der Waals surface area contributed by atoms with Crippen molar-refractivity contribution in [1.29, 1.82) is 0 Å². The number of hydrogen-bond acceptors (Lipinski definition) is 0. The normalized spacial score (nSPS) is 0. The van der Waals surface area contributed by atoms with E-state index in [1.807, 2.05) is 0 Å². The van der Waals surface area contributed by atoms with Crippen molar-refractivity contribution < 1.29 is 134 Å². The molecule has 0 aromatic carbocycles. The van der Waals surface area contributed by atoms with Gasteiger partial charge in [-0.3, -0.25) is 0 Å². The van der Waals surface area contributed by atoms with Crippen molar-refractivity contribution in [3.63, 3.8) is 0 Å². The van der Waals surface area contributed by atoms with Crippen LogP contribution in [0.5, 0.6) is 0 Å². The molecule has 0 N–H and O–H groups in total. The second kappa shape index (κ2) is 47.3. The maximum atomic E-state index is 0. The van der Waals surface area contributed by atoms with E-state index in [9.17, 15) is 0 Å². The van der Waals surface area contributed by atoms with Gasteiger partial charge in [0.2, 0.25) is 0 Å². The summed E-state index contributed by atoms with van der Waals surface area (Å²) >= 11 is 0. The quantitative estimate of drug-likeness (QED) is 0.295. The zero-order valence-electron chi connectivity index (χ0n) is 3.09. The molecule has 0 heterocycles. The topological polar surface area (TPSA) is 0 Å². The molecule has 6 radical (unpaired) electrons. The van der Waals surface area contributed by atoms with Crippen molar-refractivity contribution in [2.75, 3.05) is 0 Å². The molecule has 0 saturated carbocycles. The molecule has 0 fully saturated rings. The van der Waals surface area contributed by atoms with Crippen LogP contribution in [0.1, 0.15) is 0 Å². The van der Waals surface area contributed by atoms with Gasteiger partial charge in [-0.15, -0.1) is 0 Å². The van der Waals surface area contributed by atoms with Crippen LogP contribution in [0.2, 0.25) is 0 Å². The summed E-state index contributed by atoms with van der Waals surface area (Å²) in [6.07, 6.45) is 0. The average molecular weight is 770 g/mol. The summed E-state index contributed by atoms with van der Waals surface area (Å²) in [6.45, 7) is 0. The maximum Gasteiger partial charge on any atom is 0 e. The molecule has 0 amide bonds. The van der Waals surface area contributed by atoms with Crippen LogP contribution >= 0.6 is 0 Å². The minimum Gasteiger partial charge on any atom is 0 e. The molecule has 0 bridgehead atoms. The zero-order valence-corrected chi connectivity index (χ0v) is 16.8. The summed E-state index contributed by atoms with van der Waals surface area (Å²) in [5.74, 6) is 0. The molecule has 42 valence electrons. The third-order valence-electron chi connectivity index (χ3n) is 0. The minimum absolute atomic E-state index is 0. The van der Waals surface area contributed by atoms with Gasteiger partial charge in [0.25, 0.3) is 0 Å². The molecule has 0 rings (SSSR count). The Hall–Kier alpha value is 4.43. The van der Waals surface area contributed by atoms with Crippen LogP contribution in [-0.4, -0.2) is 8.41 Å². The van der Waals surface area contributed by atoms with E-state index < -0.39 is 0 Å². The molecule has 0 aliphatic carbocycles. The molecule has 7 heteroatoms. The van der Waals surface area contributed by atoms with Gasteiger partial charge in [-0.1, -0.05) is 0 Å². The maximum absolute atomic E-state index is 0. The summed E-state index contributed by atoms with van der Waals surface area (Å²) < 4.78 is 0. The first-order valence-electron chi connectivity index (χ1n) is 0. The summed E-state index contributed by atoms with van der Waals surface area (Å²) in [5, 5.41) is 0. The molecule has 0 unspecified atom stereocenters. The fourth-order valence-corrected chi connectivity index (χ4v) is 0. The summed E-state index contributed by atoms with van der Waals surface area (Å²) in [5.41, 5.74) is 0. The Morgan fingerprint density at radius 2 is 1.00 bits per heavy atom. The van der Waals surface area contributed by atoms with Crippen molar-refractivity contribution in [1.82, 2.24) is 0 Å². The van der Waals surface area contributed by atoms with Crippen molar-refractivity contribution in [2.45, 2.75) is 0 Å². The van der Waals surface area contributed by atoms with Crippen LogP contribution < -0.4 is 0 Å². The van der Waals surface area contributed by atoms with Gasteiger partial charge in [-0.25, -0.2) is 0 Å². The largest absolute Gasteiger partial charge is 0 e. The summed E-state index contributed by atoms with van der Waals surface area (Å²) in [7, 11) is 0. The van der Waals surface area contributed by atoms with E-state index in [4.69, 9.17) is 0 Å².